The average molecular weight is 409 g/mol. The number of para-hydroxylation sites is 1. The molecule has 1 N–H and O–H groups in total. The molecular formula is C23H24N2O3S. The van der Waals surface area contributed by atoms with Crippen LogP contribution in [0.3, 0.4) is 0 Å². The van der Waals surface area contributed by atoms with Gasteiger partial charge in [-0.3, -0.25) is 9.59 Å². The van der Waals surface area contributed by atoms with Crippen LogP contribution in [-0.4, -0.2) is 30.4 Å². The van der Waals surface area contributed by atoms with Crippen molar-refractivity contribution in [1.29, 1.82) is 0 Å². The Kier molecular flexibility index (Phi) is 7.41. The van der Waals surface area contributed by atoms with E-state index in [-0.39, 0.29) is 18.2 Å². The molecule has 0 saturated heterocycles. The number of hydrogen-bond acceptors (Lipinski definition) is 4. The quantitative estimate of drug-likeness (QED) is 0.580. The van der Waals surface area contributed by atoms with Crippen molar-refractivity contribution in [3.05, 3.63) is 88.1 Å². The summed E-state index contributed by atoms with van der Waals surface area (Å²) >= 11 is 1.62. The van der Waals surface area contributed by atoms with Gasteiger partial charge in [-0.1, -0.05) is 42.5 Å². The first-order valence-corrected chi connectivity index (χ1v) is 10.3. The molecule has 29 heavy (non-hydrogen) atoms. The molecular weight excluding hydrogens is 384 g/mol. The highest BCUT2D eigenvalue weighted by atomic mass is 32.1. The van der Waals surface area contributed by atoms with Gasteiger partial charge in [-0.25, -0.2) is 0 Å². The van der Waals surface area contributed by atoms with Crippen molar-refractivity contribution >= 4 is 23.2 Å². The lowest BCUT2D eigenvalue weighted by Gasteiger charge is -2.23. The number of carbonyl (C=O) groups is 2. The summed E-state index contributed by atoms with van der Waals surface area (Å²) in [7, 11) is 1.63. The minimum atomic E-state index is -0.173. The molecule has 150 valence electrons. The number of amides is 2. The number of benzene rings is 2. The van der Waals surface area contributed by atoms with Gasteiger partial charge < -0.3 is 15.0 Å². The maximum atomic E-state index is 12.9. The molecule has 0 saturated carbocycles. The molecule has 3 aromatic rings. The van der Waals surface area contributed by atoms with Crippen LogP contribution in [0.4, 0.5) is 0 Å². The average Bonchev–Trinajstić information content (AvgIpc) is 3.27. The molecule has 5 nitrogen and oxygen atoms in total. The Bertz CT molecular complexity index is 926. The summed E-state index contributed by atoms with van der Waals surface area (Å²) < 4.78 is 5.43. The number of methoxy groups -OCH3 is 1. The first-order chi connectivity index (χ1) is 14.2. The van der Waals surface area contributed by atoms with Crippen molar-refractivity contribution in [3.63, 3.8) is 0 Å². The second-order valence-corrected chi connectivity index (χ2v) is 7.55. The van der Waals surface area contributed by atoms with Crippen LogP contribution >= 0.6 is 11.3 Å². The van der Waals surface area contributed by atoms with Crippen molar-refractivity contribution in [2.75, 3.05) is 13.7 Å². The summed E-state index contributed by atoms with van der Waals surface area (Å²) in [5.74, 6) is 0.569. The Morgan fingerprint density at radius 3 is 2.45 bits per heavy atom. The van der Waals surface area contributed by atoms with Crippen LogP contribution in [0.25, 0.3) is 0 Å². The molecule has 2 amide bonds. The van der Waals surface area contributed by atoms with Crippen molar-refractivity contribution < 1.29 is 14.3 Å². The number of rotatable bonds is 9. The zero-order valence-corrected chi connectivity index (χ0v) is 17.2. The monoisotopic (exact) mass is 408 g/mol. The molecule has 3 rings (SSSR count). The van der Waals surface area contributed by atoms with Gasteiger partial charge in [0.05, 0.1) is 13.7 Å². The number of thiophene rings is 1. The van der Waals surface area contributed by atoms with Gasteiger partial charge in [0.2, 0.25) is 5.91 Å². The third kappa shape index (κ3) is 5.93. The Labute approximate surface area is 174 Å². The van der Waals surface area contributed by atoms with E-state index in [0.717, 1.165) is 16.2 Å². The highest BCUT2D eigenvalue weighted by Crippen LogP contribution is 2.22. The van der Waals surface area contributed by atoms with Crippen LogP contribution in [0.15, 0.2) is 72.1 Å². The summed E-state index contributed by atoms with van der Waals surface area (Å²) in [6, 6.07) is 20.7. The summed E-state index contributed by atoms with van der Waals surface area (Å²) in [5.41, 5.74) is 1.54. The van der Waals surface area contributed by atoms with Crippen LogP contribution in [0, 0.1) is 0 Å². The maximum Gasteiger partial charge on any atom is 0.251 e. The molecule has 0 aliphatic carbocycles. The zero-order chi connectivity index (χ0) is 20.5. The van der Waals surface area contributed by atoms with Crippen molar-refractivity contribution in [3.8, 4) is 5.75 Å². The molecule has 0 atom stereocenters. The van der Waals surface area contributed by atoms with Gasteiger partial charge in [-0.2, -0.15) is 0 Å². The van der Waals surface area contributed by atoms with Crippen LogP contribution in [0.1, 0.15) is 27.2 Å². The van der Waals surface area contributed by atoms with Gasteiger partial charge >= 0.3 is 0 Å². The SMILES string of the molecule is COc1ccccc1CN(Cc1cccs1)C(=O)CCNC(=O)c1ccccc1. The van der Waals surface area contributed by atoms with Gasteiger partial charge in [-0.05, 0) is 29.6 Å². The van der Waals surface area contributed by atoms with Crippen LogP contribution in [0.5, 0.6) is 5.75 Å². The van der Waals surface area contributed by atoms with Gasteiger partial charge in [0.1, 0.15) is 5.75 Å². The van der Waals surface area contributed by atoms with E-state index in [9.17, 15) is 9.59 Å². The molecule has 6 heteroatoms. The molecule has 0 aliphatic rings. The van der Waals surface area contributed by atoms with Crippen molar-refractivity contribution in [1.82, 2.24) is 10.2 Å². The molecule has 0 radical (unpaired) electrons. The summed E-state index contributed by atoms with van der Waals surface area (Å²) in [6.07, 6.45) is 0.235. The number of hydrogen-bond donors (Lipinski definition) is 1. The topological polar surface area (TPSA) is 58.6 Å². The van der Waals surface area contributed by atoms with Crippen molar-refractivity contribution in [2.24, 2.45) is 0 Å². The first kappa shape index (κ1) is 20.6. The molecule has 0 spiro atoms. The second kappa shape index (κ2) is 10.4. The fourth-order valence-corrected chi connectivity index (χ4v) is 3.71. The van der Waals surface area contributed by atoms with Gasteiger partial charge in [0.25, 0.3) is 5.91 Å². The van der Waals surface area contributed by atoms with Crippen LogP contribution in [0.2, 0.25) is 0 Å². The van der Waals surface area contributed by atoms with E-state index in [1.54, 1.807) is 35.5 Å². The number of nitrogens with zero attached hydrogens (tertiary/aromatic N) is 1. The second-order valence-electron chi connectivity index (χ2n) is 6.51. The molecule has 0 bridgehead atoms. The van der Waals surface area contributed by atoms with Gasteiger partial charge in [0.15, 0.2) is 0 Å². The molecule has 0 aliphatic heterocycles. The van der Waals surface area contributed by atoms with E-state index < -0.39 is 0 Å². The largest absolute Gasteiger partial charge is 0.496 e. The standard InChI is InChI=1S/C23H24N2O3S/c1-28-21-12-6-5-10-19(21)16-25(17-20-11-7-15-29-20)22(26)13-14-24-23(27)18-8-3-2-4-9-18/h2-12,15H,13-14,16-17H2,1H3,(H,24,27). The fourth-order valence-electron chi connectivity index (χ4n) is 2.99. The maximum absolute atomic E-state index is 12.9. The minimum absolute atomic E-state index is 0.0160. The number of ether oxygens (including phenoxy) is 1. The molecule has 1 heterocycles. The van der Waals surface area contributed by atoms with Crippen LogP contribution < -0.4 is 10.1 Å². The van der Waals surface area contributed by atoms with Crippen LogP contribution in [-0.2, 0) is 17.9 Å². The third-order valence-electron chi connectivity index (χ3n) is 4.49. The Morgan fingerprint density at radius 2 is 1.72 bits per heavy atom. The van der Waals surface area contributed by atoms with E-state index >= 15 is 0 Å². The normalized spacial score (nSPS) is 10.4. The zero-order valence-electron chi connectivity index (χ0n) is 16.3. The van der Waals surface area contributed by atoms with E-state index in [2.05, 4.69) is 5.32 Å². The van der Waals surface area contributed by atoms with Gasteiger partial charge in [0, 0.05) is 35.5 Å². The lowest BCUT2D eigenvalue weighted by atomic mass is 10.1. The van der Waals surface area contributed by atoms with E-state index in [4.69, 9.17) is 4.74 Å². The summed E-state index contributed by atoms with van der Waals surface area (Å²) in [6.45, 7) is 1.27. The number of nitrogens with one attached hydrogen (secondary N) is 1. The summed E-state index contributed by atoms with van der Waals surface area (Å²) in [5, 5.41) is 4.82. The molecule has 1 aromatic heterocycles. The Morgan fingerprint density at radius 1 is 0.966 bits per heavy atom. The molecule has 2 aromatic carbocycles. The molecule has 0 unspecified atom stereocenters. The van der Waals surface area contributed by atoms with E-state index in [0.29, 0.717) is 25.2 Å². The lowest BCUT2D eigenvalue weighted by Crippen LogP contribution is -2.34. The minimum Gasteiger partial charge on any atom is -0.496 e. The Balaban J connectivity index is 1.63. The smallest absolute Gasteiger partial charge is 0.251 e. The number of carbonyl (C=O) groups excluding carboxylic acids is 2. The summed E-state index contributed by atoms with van der Waals surface area (Å²) in [4.78, 5) is 28.0. The third-order valence-corrected chi connectivity index (χ3v) is 5.35. The predicted molar refractivity (Wildman–Crippen MR) is 115 cm³/mol. The Hall–Kier alpha value is -3.12. The van der Waals surface area contributed by atoms with Crippen molar-refractivity contribution in [2.45, 2.75) is 19.5 Å². The lowest BCUT2D eigenvalue weighted by molar-refractivity contribution is -0.132. The highest BCUT2D eigenvalue weighted by Gasteiger charge is 2.17. The van der Waals surface area contributed by atoms with E-state index in [1.807, 2.05) is 60.0 Å². The predicted octanol–water partition coefficient (Wildman–Crippen LogP) is 4.11. The van der Waals surface area contributed by atoms with Gasteiger partial charge in [-0.15, -0.1) is 11.3 Å². The fraction of sp³-hybridized carbons (Fsp3) is 0.217. The first-order valence-electron chi connectivity index (χ1n) is 9.42. The van der Waals surface area contributed by atoms with E-state index in [1.165, 1.54) is 0 Å². The highest BCUT2D eigenvalue weighted by molar-refractivity contribution is 7.09. The molecule has 0 fully saturated rings.